The van der Waals surface area contributed by atoms with Crippen LogP contribution in [-0.4, -0.2) is 73.2 Å². The van der Waals surface area contributed by atoms with Crippen molar-refractivity contribution in [1.82, 2.24) is 0 Å². The number of hydrogen-bond donors (Lipinski definition) is 5. The van der Waals surface area contributed by atoms with Gasteiger partial charge in [-0.25, -0.2) is 4.79 Å². The molecule has 92 valence electrons. The minimum atomic E-state index is -2.25. The number of aliphatic hydroxyl groups excluding tert-OH is 4. The summed E-state index contributed by atoms with van der Waals surface area (Å²) in [7, 11) is 0. The Balaban J connectivity index is -0.000000720. The van der Waals surface area contributed by atoms with Gasteiger partial charge in [0.05, 0.1) is 0 Å². The van der Waals surface area contributed by atoms with Gasteiger partial charge in [0.1, 0.15) is 18.3 Å². The molecule has 0 amide bonds. The molecule has 0 aliphatic heterocycles. The zero-order valence-corrected chi connectivity index (χ0v) is 7.44. The van der Waals surface area contributed by atoms with Crippen LogP contribution in [-0.2, 0) is 9.59 Å². The van der Waals surface area contributed by atoms with Crippen LogP contribution in [0, 0.1) is 0 Å². The quantitative estimate of drug-likeness (QED) is 0.291. The van der Waals surface area contributed by atoms with Crippen molar-refractivity contribution < 1.29 is 46.1 Å². The van der Waals surface area contributed by atoms with E-state index in [-0.39, 0.29) is 17.2 Å². The Kier molecular flexibility index (Phi) is 10.7. The standard InChI is InChI=1S/C6H10O7.2H2O/c7-1-2(8)3(9)4(10)5(11)6(12)13;;/h1-5,8-11H,(H,12,13);2*1H2/t2-,3+,4-,5-;;/m0../s1. The van der Waals surface area contributed by atoms with Crippen molar-refractivity contribution in [3.05, 3.63) is 0 Å². The van der Waals surface area contributed by atoms with E-state index in [4.69, 9.17) is 25.5 Å². The van der Waals surface area contributed by atoms with Crippen molar-refractivity contribution in [1.29, 1.82) is 0 Å². The molecule has 0 heterocycles. The molecule has 9 heteroatoms. The van der Waals surface area contributed by atoms with Crippen molar-refractivity contribution in [3.63, 3.8) is 0 Å². The van der Waals surface area contributed by atoms with Gasteiger partial charge in [0.15, 0.2) is 12.4 Å². The van der Waals surface area contributed by atoms with E-state index in [1.165, 1.54) is 0 Å². The molecule has 0 saturated heterocycles. The third-order valence-corrected chi connectivity index (χ3v) is 1.42. The van der Waals surface area contributed by atoms with Crippen molar-refractivity contribution >= 4 is 12.3 Å². The molecule has 0 fully saturated rings. The molecule has 9 nitrogen and oxygen atoms in total. The number of carbonyl (C=O) groups excluding carboxylic acids is 1. The Morgan fingerprint density at radius 1 is 1.00 bits per heavy atom. The molecule has 0 aromatic carbocycles. The predicted octanol–water partition coefficient (Wildman–Crippen LogP) is -4.94. The van der Waals surface area contributed by atoms with Gasteiger partial charge >= 0.3 is 5.97 Å². The van der Waals surface area contributed by atoms with Crippen LogP contribution in [0.5, 0.6) is 0 Å². The van der Waals surface area contributed by atoms with Crippen LogP contribution in [0.15, 0.2) is 0 Å². The summed E-state index contributed by atoms with van der Waals surface area (Å²) in [5, 5.41) is 43.2. The Morgan fingerprint density at radius 2 is 1.40 bits per heavy atom. The van der Waals surface area contributed by atoms with Crippen LogP contribution in [0.3, 0.4) is 0 Å². The number of rotatable bonds is 5. The lowest BCUT2D eigenvalue weighted by Crippen LogP contribution is -2.48. The van der Waals surface area contributed by atoms with E-state index < -0.39 is 30.4 Å². The summed E-state index contributed by atoms with van der Waals surface area (Å²) in [5.41, 5.74) is 0. The number of aliphatic hydroxyl groups is 4. The van der Waals surface area contributed by atoms with Gasteiger partial charge in [0, 0.05) is 0 Å². The van der Waals surface area contributed by atoms with Gasteiger partial charge in [0.25, 0.3) is 0 Å². The number of aldehydes is 1. The lowest BCUT2D eigenvalue weighted by atomic mass is 10.0. The predicted molar refractivity (Wildman–Crippen MR) is 45.0 cm³/mol. The van der Waals surface area contributed by atoms with Gasteiger partial charge in [-0.15, -0.1) is 0 Å². The van der Waals surface area contributed by atoms with Crippen molar-refractivity contribution in [2.75, 3.05) is 0 Å². The zero-order valence-electron chi connectivity index (χ0n) is 7.44. The van der Waals surface area contributed by atoms with E-state index in [0.717, 1.165) is 0 Å². The number of carboxylic acids is 1. The van der Waals surface area contributed by atoms with Gasteiger partial charge in [-0.2, -0.15) is 0 Å². The van der Waals surface area contributed by atoms with Gasteiger partial charge in [-0.05, 0) is 0 Å². The molecule has 0 aromatic heterocycles. The molecule has 0 rings (SSSR count). The molecule has 0 aliphatic rings. The zero-order chi connectivity index (χ0) is 10.6. The van der Waals surface area contributed by atoms with E-state index in [9.17, 15) is 9.59 Å². The van der Waals surface area contributed by atoms with Crippen molar-refractivity contribution in [2.24, 2.45) is 0 Å². The second-order valence-electron chi connectivity index (χ2n) is 2.39. The highest BCUT2D eigenvalue weighted by atomic mass is 16.4. The van der Waals surface area contributed by atoms with Gasteiger partial charge in [-0.3, -0.25) is 0 Å². The van der Waals surface area contributed by atoms with E-state index in [2.05, 4.69) is 0 Å². The molecule has 4 atom stereocenters. The average molecular weight is 230 g/mol. The fraction of sp³-hybridized carbons (Fsp3) is 0.667. The monoisotopic (exact) mass is 230 g/mol. The minimum Gasteiger partial charge on any atom is -0.479 e. The third kappa shape index (κ3) is 5.37. The summed E-state index contributed by atoms with van der Waals surface area (Å²) in [6.07, 6.45) is -8.39. The molecular formula is C6H14O9. The van der Waals surface area contributed by atoms with Crippen LogP contribution < -0.4 is 0 Å². The van der Waals surface area contributed by atoms with E-state index in [1.54, 1.807) is 0 Å². The van der Waals surface area contributed by atoms with Crippen LogP contribution in [0.4, 0.5) is 0 Å². The first kappa shape index (κ1) is 19.5. The van der Waals surface area contributed by atoms with E-state index in [0.29, 0.717) is 0 Å². The molecule has 0 saturated carbocycles. The largest absolute Gasteiger partial charge is 0.479 e. The summed E-state index contributed by atoms with van der Waals surface area (Å²) in [4.78, 5) is 20.0. The smallest absolute Gasteiger partial charge is 0.335 e. The number of hydrogen-bond acceptors (Lipinski definition) is 6. The third-order valence-electron chi connectivity index (χ3n) is 1.42. The van der Waals surface area contributed by atoms with Gasteiger partial charge in [0.2, 0.25) is 0 Å². The first-order valence-electron chi connectivity index (χ1n) is 3.32. The summed E-state index contributed by atoms with van der Waals surface area (Å²) >= 11 is 0. The number of carbonyl (C=O) groups is 2. The summed E-state index contributed by atoms with van der Waals surface area (Å²) < 4.78 is 0. The highest BCUT2D eigenvalue weighted by molar-refractivity contribution is 5.73. The topological polar surface area (TPSA) is 198 Å². The maximum Gasteiger partial charge on any atom is 0.335 e. The van der Waals surface area contributed by atoms with Crippen LogP contribution >= 0.6 is 0 Å². The molecule has 0 aliphatic carbocycles. The first-order valence-corrected chi connectivity index (χ1v) is 3.32. The molecule has 0 unspecified atom stereocenters. The van der Waals surface area contributed by atoms with Crippen molar-refractivity contribution in [2.45, 2.75) is 24.4 Å². The molecule has 0 spiro atoms. The van der Waals surface area contributed by atoms with Crippen molar-refractivity contribution in [3.8, 4) is 0 Å². The average Bonchev–Trinajstić information content (AvgIpc) is 2.12. The molecular weight excluding hydrogens is 216 g/mol. The molecule has 0 bridgehead atoms. The first-order chi connectivity index (χ1) is 5.91. The van der Waals surface area contributed by atoms with Crippen LogP contribution in [0.25, 0.3) is 0 Å². The molecule has 15 heavy (non-hydrogen) atoms. The van der Waals surface area contributed by atoms with E-state index in [1.807, 2.05) is 0 Å². The molecule has 0 aromatic rings. The van der Waals surface area contributed by atoms with Crippen LogP contribution in [0.1, 0.15) is 0 Å². The summed E-state index contributed by atoms with van der Waals surface area (Å²) in [6.45, 7) is 0. The lowest BCUT2D eigenvalue weighted by molar-refractivity contribution is -0.163. The SMILES string of the molecule is O.O.O=C[C@H](O)[C@@H](O)[C@H](O)[C@H](O)C(=O)O. The fourth-order valence-corrected chi connectivity index (χ4v) is 0.615. The Morgan fingerprint density at radius 3 is 1.67 bits per heavy atom. The summed E-state index contributed by atoms with van der Waals surface area (Å²) in [6, 6.07) is 0. The number of aliphatic carboxylic acids is 1. The summed E-state index contributed by atoms with van der Waals surface area (Å²) in [5.74, 6) is -1.76. The normalized spacial score (nSPS) is 17.3. The number of carboxylic acid groups (broad SMARTS) is 1. The minimum absolute atomic E-state index is 0. The van der Waals surface area contributed by atoms with E-state index >= 15 is 0 Å². The Hall–Kier alpha value is -1.10. The maximum absolute atomic E-state index is 10.1. The second-order valence-corrected chi connectivity index (χ2v) is 2.39. The van der Waals surface area contributed by atoms with Gasteiger partial charge < -0.3 is 41.3 Å². The highest BCUT2D eigenvalue weighted by Gasteiger charge is 2.33. The second kappa shape index (κ2) is 8.23. The molecule has 9 N–H and O–H groups in total. The Bertz CT molecular complexity index is 193. The lowest BCUT2D eigenvalue weighted by Gasteiger charge is -2.21. The fourth-order valence-electron chi connectivity index (χ4n) is 0.615. The van der Waals surface area contributed by atoms with Gasteiger partial charge in [-0.1, -0.05) is 0 Å². The maximum atomic E-state index is 10.1. The Labute approximate surface area is 83.8 Å². The highest BCUT2D eigenvalue weighted by Crippen LogP contribution is 2.03. The molecule has 0 radical (unpaired) electrons. The van der Waals surface area contributed by atoms with Crippen LogP contribution in [0.2, 0.25) is 0 Å².